The van der Waals surface area contributed by atoms with Gasteiger partial charge >= 0.3 is 37.4 Å². The van der Waals surface area contributed by atoms with Crippen LogP contribution in [0.1, 0.15) is 50.3 Å². The molecule has 3 aromatic carbocycles. The van der Waals surface area contributed by atoms with Crippen molar-refractivity contribution in [2.75, 3.05) is 0 Å². The van der Waals surface area contributed by atoms with Crippen LogP contribution in [0.4, 0.5) is 0 Å². The average molecular weight is 432 g/mol. The predicted molar refractivity (Wildman–Crippen MR) is 114 cm³/mol. The van der Waals surface area contributed by atoms with E-state index in [0.29, 0.717) is 5.92 Å². The summed E-state index contributed by atoms with van der Waals surface area (Å²) in [7, 11) is -4.54. The Balaban J connectivity index is 0.00000320. The van der Waals surface area contributed by atoms with Crippen molar-refractivity contribution in [2.45, 2.75) is 39.0 Å². The molecule has 0 amide bonds. The Kier molecular flexibility index (Phi) is 8.38. The third kappa shape index (κ3) is 6.23. The fraction of sp³-hybridized carbons (Fsp3) is 0.250. The van der Waals surface area contributed by atoms with E-state index in [2.05, 4.69) is 39.8 Å². The summed E-state index contributed by atoms with van der Waals surface area (Å²) in [6, 6.07) is 24.2. The molecule has 0 spiro atoms. The second kappa shape index (κ2) is 10.2. The van der Waals surface area contributed by atoms with E-state index in [9.17, 15) is 9.46 Å². The molecule has 0 heterocycles. The van der Waals surface area contributed by atoms with Gasteiger partial charge in [-0.1, -0.05) is 82.3 Å². The molecule has 0 fully saturated rings. The maximum Gasteiger partial charge on any atom is 1.00 e. The summed E-state index contributed by atoms with van der Waals surface area (Å²) in [6.45, 7) is 8.39. The minimum Gasteiger partial charge on any atom is -0.736 e. The molecule has 3 aromatic rings. The number of rotatable bonds is 7. The van der Waals surface area contributed by atoms with E-state index < -0.39 is 7.82 Å². The van der Waals surface area contributed by atoms with Crippen LogP contribution in [0.2, 0.25) is 0 Å². The standard InChI is InChI=1S/C24H27O4P.Na/c1-18(2)19-10-14-22(15-11-19)27-29(25,26)28-23-16-12-21(13-17-23)24(3,4)20-8-6-5-7-9-20;/h5-18H,1-4H3,(H,25,26);/q;+1/p-1. The molecule has 30 heavy (non-hydrogen) atoms. The average Bonchev–Trinajstić information content (AvgIpc) is 2.69. The topological polar surface area (TPSA) is 58.6 Å². The van der Waals surface area contributed by atoms with E-state index in [4.69, 9.17) is 9.05 Å². The van der Waals surface area contributed by atoms with E-state index in [0.717, 1.165) is 11.1 Å². The summed E-state index contributed by atoms with van der Waals surface area (Å²) in [5.74, 6) is 0.808. The van der Waals surface area contributed by atoms with Crippen LogP contribution in [0, 0.1) is 0 Å². The molecule has 0 saturated carbocycles. The van der Waals surface area contributed by atoms with Crippen LogP contribution in [-0.2, 0) is 9.98 Å². The van der Waals surface area contributed by atoms with Gasteiger partial charge in [-0.15, -0.1) is 0 Å². The van der Waals surface area contributed by atoms with E-state index in [1.165, 1.54) is 5.56 Å². The van der Waals surface area contributed by atoms with Crippen LogP contribution in [0.3, 0.4) is 0 Å². The maximum absolute atomic E-state index is 12.3. The largest absolute Gasteiger partial charge is 1.00 e. The SMILES string of the molecule is CC(C)c1ccc(OP(=O)([O-])Oc2ccc(C(C)(C)c3ccccc3)cc2)cc1.[Na+]. The molecular formula is C24H26NaO4P. The molecule has 0 aliphatic heterocycles. The van der Waals surface area contributed by atoms with Gasteiger partial charge in [-0.05, 0) is 46.9 Å². The van der Waals surface area contributed by atoms with Gasteiger partial charge in [0.25, 0.3) is 0 Å². The first-order valence-corrected chi connectivity index (χ1v) is 11.1. The van der Waals surface area contributed by atoms with Gasteiger partial charge in [0.2, 0.25) is 0 Å². The van der Waals surface area contributed by atoms with Gasteiger partial charge in [-0.25, -0.2) is 4.57 Å². The van der Waals surface area contributed by atoms with Crippen molar-refractivity contribution in [3.63, 3.8) is 0 Å². The second-order valence-corrected chi connectivity index (χ2v) is 9.13. The van der Waals surface area contributed by atoms with Gasteiger partial charge < -0.3 is 13.9 Å². The van der Waals surface area contributed by atoms with Crippen molar-refractivity contribution < 1.29 is 48.1 Å². The van der Waals surface area contributed by atoms with Gasteiger partial charge in [-0.3, -0.25) is 0 Å². The van der Waals surface area contributed by atoms with Gasteiger partial charge in [0.1, 0.15) is 11.5 Å². The van der Waals surface area contributed by atoms with Crippen LogP contribution in [0.15, 0.2) is 78.9 Å². The third-order valence-corrected chi connectivity index (χ3v) is 5.92. The summed E-state index contributed by atoms with van der Waals surface area (Å²) < 4.78 is 22.5. The summed E-state index contributed by atoms with van der Waals surface area (Å²) in [5, 5.41) is 0. The van der Waals surface area contributed by atoms with E-state index in [-0.39, 0.29) is 46.5 Å². The molecule has 0 radical (unpaired) electrons. The molecule has 152 valence electrons. The number of hydrogen-bond acceptors (Lipinski definition) is 4. The van der Waals surface area contributed by atoms with Crippen molar-refractivity contribution in [1.82, 2.24) is 0 Å². The van der Waals surface area contributed by atoms with Gasteiger partial charge in [-0.2, -0.15) is 0 Å². The molecule has 6 heteroatoms. The van der Waals surface area contributed by atoms with Crippen LogP contribution in [0.25, 0.3) is 0 Å². The Morgan fingerprint density at radius 3 is 1.67 bits per heavy atom. The molecule has 0 saturated heterocycles. The second-order valence-electron chi connectivity index (χ2n) is 7.87. The number of phosphoric acid groups is 1. The predicted octanol–water partition coefficient (Wildman–Crippen LogP) is 3.07. The minimum absolute atomic E-state index is 0. The molecule has 1 atom stereocenters. The Morgan fingerprint density at radius 2 is 1.20 bits per heavy atom. The van der Waals surface area contributed by atoms with Crippen LogP contribution >= 0.6 is 7.82 Å². The minimum atomic E-state index is -4.54. The Bertz CT molecular complexity index is 984. The fourth-order valence-electron chi connectivity index (χ4n) is 3.14. The van der Waals surface area contributed by atoms with Crippen molar-refractivity contribution in [3.8, 4) is 11.5 Å². The normalized spacial score (nSPS) is 13.3. The van der Waals surface area contributed by atoms with Crippen LogP contribution < -0.4 is 43.5 Å². The summed E-state index contributed by atoms with van der Waals surface area (Å²) in [4.78, 5) is 12.3. The Hall–Kier alpha value is -1.55. The molecule has 0 aliphatic rings. The fourth-order valence-corrected chi connectivity index (χ4v) is 3.94. The van der Waals surface area contributed by atoms with Crippen molar-refractivity contribution in [3.05, 3.63) is 95.6 Å². The van der Waals surface area contributed by atoms with Gasteiger partial charge in [0.05, 0.1) is 0 Å². The zero-order valence-electron chi connectivity index (χ0n) is 18.2. The summed E-state index contributed by atoms with van der Waals surface area (Å²) >= 11 is 0. The Morgan fingerprint density at radius 1 is 0.767 bits per heavy atom. The molecule has 0 N–H and O–H groups in total. The molecule has 0 aromatic heterocycles. The monoisotopic (exact) mass is 432 g/mol. The van der Waals surface area contributed by atoms with Gasteiger partial charge in [0, 0.05) is 5.41 Å². The molecule has 0 aliphatic carbocycles. The number of phosphoric ester groups is 1. The molecule has 4 nitrogen and oxygen atoms in total. The Labute approximate surface area is 201 Å². The molecule has 1 unspecified atom stereocenters. The first-order valence-electron chi connectivity index (χ1n) is 9.64. The number of hydrogen-bond donors (Lipinski definition) is 0. The zero-order chi connectivity index (χ0) is 21.1. The van der Waals surface area contributed by atoms with Crippen molar-refractivity contribution in [2.24, 2.45) is 0 Å². The molecule has 0 bridgehead atoms. The first kappa shape index (κ1) is 24.7. The van der Waals surface area contributed by atoms with E-state index in [1.807, 2.05) is 42.5 Å². The van der Waals surface area contributed by atoms with Gasteiger partial charge in [0.15, 0.2) is 0 Å². The molecule has 3 rings (SSSR count). The third-order valence-electron chi connectivity index (χ3n) is 5.05. The number of benzene rings is 3. The van der Waals surface area contributed by atoms with Crippen molar-refractivity contribution >= 4 is 7.82 Å². The molecular weight excluding hydrogens is 406 g/mol. The van der Waals surface area contributed by atoms with E-state index >= 15 is 0 Å². The smallest absolute Gasteiger partial charge is 0.736 e. The van der Waals surface area contributed by atoms with Crippen molar-refractivity contribution in [1.29, 1.82) is 0 Å². The van der Waals surface area contributed by atoms with Crippen LogP contribution in [-0.4, -0.2) is 0 Å². The summed E-state index contributed by atoms with van der Waals surface area (Å²) in [5.41, 5.74) is 3.13. The summed E-state index contributed by atoms with van der Waals surface area (Å²) in [6.07, 6.45) is 0. The van der Waals surface area contributed by atoms with Crippen LogP contribution in [0.5, 0.6) is 11.5 Å². The quantitative estimate of drug-likeness (QED) is 0.425. The first-order chi connectivity index (χ1) is 13.7. The van der Waals surface area contributed by atoms with E-state index in [1.54, 1.807) is 24.3 Å². The maximum atomic E-state index is 12.3. The zero-order valence-corrected chi connectivity index (χ0v) is 21.1.